The number of nitrogen functional groups attached to an aromatic ring is 1. The third-order valence-corrected chi connectivity index (χ3v) is 5.29. The summed E-state index contributed by atoms with van der Waals surface area (Å²) in [6, 6.07) is 5.79. The van der Waals surface area contributed by atoms with E-state index in [-0.39, 0.29) is 0 Å². The van der Waals surface area contributed by atoms with E-state index < -0.39 is 5.60 Å². The SMILES string of the molecule is CN1CCC(N2CC(O)(c3cc(C#N)cc(N)c3Cl)C2)CC1. The second kappa shape index (κ2) is 5.71. The Morgan fingerprint density at radius 2 is 2.00 bits per heavy atom. The van der Waals surface area contributed by atoms with Gasteiger partial charge in [0.15, 0.2) is 0 Å². The molecule has 2 saturated heterocycles. The van der Waals surface area contributed by atoms with Crippen molar-refractivity contribution in [3.05, 3.63) is 28.3 Å². The summed E-state index contributed by atoms with van der Waals surface area (Å²) in [6.45, 7) is 3.29. The fraction of sp³-hybridized carbons (Fsp3) is 0.562. The van der Waals surface area contributed by atoms with E-state index in [1.807, 2.05) is 0 Å². The second-order valence-corrected chi connectivity index (χ2v) is 6.89. The Kier molecular flexibility index (Phi) is 4.04. The van der Waals surface area contributed by atoms with Gasteiger partial charge in [-0.3, -0.25) is 4.90 Å². The normalized spacial score (nSPS) is 23.0. The first-order valence-corrected chi connectivity index (χ1v) is 7.95. The number of hydrogen-bond donors (Lipinski definition) is 2. The highest BCUT2D eigenvalue weighted by Crippen LogP contribution is 2.40. The molecule has 118 valence electrons. The van der Waals surface area contributed by atoms with E-state index in [0.29, 0.717) is 41.0 Å². The molecule has 22 heavy (non-hydrogen) atoms. The molecule has 0 aliphatic carbocycles. The van der Waals surface area contributed by atoms with Crippen molar-refractivity contribution in [3.8, 4) is 6.07 Å². The molecular formula is C16H21ClN4O. The molecule has 2 fully saturated rings. The highest BCUT2D eigenvalue weighted by molar-refractivity contribution is 6.34. The number of nitrogens with zero attached hydrogens (tertiary/aromatic N) is 3. The Bertz CT molecular complexity index is 613. The first-order valence-electron chi connectivity index (χ1n) is 7.57. The number of rotatable bonds is 2. The van der Waals surface area contributed by atoms with Gasteiger partial charge in [0.2, 0.25) is 0 Å². The number of aliphatic hydroxyl groups is 1. The predicted molar refractivity (Wildman–Crippen MR) is 86.6 cm³/mol. The average molecular weight is 321 g/mol. The van der Waals surface area contributed by atoms with Gasteiger partial charge in [0, 0.05) is 24.7 Å². The van der Waals surface area contributed by atoms with Crippen molar-refractivity contribution in [1.82, 2.24) is 9.80 Å². The van der Waals surface area contributed by atoms with Gasteiger partial charge in [-0.05, 0) is 45.1 Å². The largest absolute Gasteiger partial charge is 0.397 e. The minimum Gasteiger partial charge on any atom is -0.397 e. The molecular weight excluding hydrogens is 300 g/mol. The van der Waals surface area contributed by atoms with Gasteiger partial charge in [0.05, 0.1) is 22.3 Å². The molecule has 2 aliphatic rings. The molecule has 3 N–H and O–H groups in total. The van der Waals surface area contributed by atoms with Gasteiger partial charge in [-0.2, -0.15) is 5.26 Å². The molecule has 3 rings (SSSR count). The van der Waals surface area contributed by atoms with Gasteiger partial charge >= 0.3 is 0 Å². The molecule has 0 spiro atoms. The molecule has 0 aromatic heterocycles. The molecule has 2 heterocycles. The maximum atomic E-state index is 10.9. The van der Waals surface area contributed by atoms with Crippen LogP contribution in [0.25, 0.3) is 0 Å². The summed E-state index contributed by atoms with van der Waals surface area (Å²) < 4.78 is 0. The van der Waals surface area contributed by atoms with E-state index in [4.69, 9.17) is 22.6 Å². The van der Waals surface area contributed by atoms with Crippen LogP contribution >= 0.6 is 11.6 Å². The number of β-amino-alcohol motifs (C(OH)–C–C–N with tert-alkyl or cyclic N) is 1. The molecule has 1 aromatic rings. The van der Waals surface area contributed by atoms with Gasteiger partial charge in [-0.1, -0.05) is 11.6 Å². The average Bonchev–Trinajstić information content (AvgIpc) is 2.47. The molecule has 0 bridgehead atoms. The van der Waals surface area contributed by atoms with E-state index in [0.717, 1.165) is 25.9 Å². The van der Waals surface area contributed by atoms with E-state index in [2.05, 4.69) is 22.9 Å². The number of anilines is 1. The summed E-state index contributed by atoms with van der Waals surface area (Å²) in [4.78, 5) is 4.63. The summed E-state index contributed by atoms with van der Waals surface area (Å²) >= 11 is 6.25. The van der Waals surface area contributed by atoms with Crippen molar-refractivity contribution in [2.24, 2.45) is 0 Å². The molecule has 0 amide bonds. The molecule has 0 atom stereocenters. The number of benzene rings is 1. The van der Waals surface area contributed by atoms with E-state index in [1.54, 1.807) is 12.1 Å². The van der Waals surface area contributed by atoms with Gasteiger partial charge in [-0.25, -0.2) is 0 Å². The standard InChI is InChI=1S/C16H21ClN4O/c1-20-4-2-12(3-5-20)21-9-16(22,10-21)13-6-11(8-18)7-14(19)15(13)17/h6-7,12,22H,2-5,9-10,19H2,1H3. The third kappa shape index (κ3) is 2.68. The van der Waals surface area contributed by atoms with E-state index >= 15 is 0 Å². The first kappa shape index (κ1) is 15.6. The molecule has 0 saturated carbocycles. The van der Waals surface area contributed by atoms with Crippen molar-refractivity contribution in [1.29, 1.82) is 5.26 Å². The predicted octanol–water partition coefficient (Wildman–Crippen LogP) is 1.39. The fourth-order valence-corrected chi connectivity index (χ4v) is 3.75. The minimum atomic E-state index is -0.999. The van der Waals surface area contributed by atoms with E-state index in [1.165, 1.54) is 0 Å². The van der Waals surface area contributed by atoms with Crippen molar-refractivity contribution < 1.29 is 5.11 Å². The summed E-state index contributed by atoms with van der Waals surface area (Å²) in [7, 11) is 2.14. The monoisotopic (exact) mass is 320 g/mol. The highest BCUT2D eigenvalue weighted by Gasteiger charge is 2.47. The molecule has 0 unspecified atom stereocenters. The maximum absolute atomic E-state index is 10.9. The number of hydrogen-bond acceptors (Lipinski definition) is 5. The molecule has 2 aliphatic heterocycles. The Morgan fingerprint density at radius 1 is 1.36 bits per heavy atom. The van der Waals surface area contributed by atoms with Crippen LogP contribution in [0.3, 0.4) is 0 Å². The van der Waals surface area contributed by atoms with Crippen LogP contribution in [-0.2, 0) is 5.60 Å². The molecule has 6 heteroatoms. The molecule has 0 radical (unpaired) electrons. The van der Waals surface area contributed by atoms with Crippen LogP contribution in [0.2, 0.25) is 5.02 Å². The topological polar surface area (TPSA) is 76.5 Å². The van der Waals surface area contributed by atoms with Gasteiger partial charge < -0.3 is 15.7 Å². The van der Waals surface area contributed by atoms with Gasteiger partial charge in [0.1, 0.15) is 5.60 Å². The molecule has 5 nitrogen and oxygen atoms in total. The minimum absolute atomic E-state index is 0.349. The lowest BCUT2D eigenvalue weighted by Crippen LogP contribution is -2.63. The Morgan fingerprint density at radius 3 is 2.59 bits per heavy atom. The fourth-order valence-electron chi connectivity index (χ4n) is 3.46. The van der Waals surface area contributed by atoms with Gasteiger partial charge in [-0.15, -0.1) is 0 Å². The number of piperidine rings is 1. The highest BCUT2D eigenvalue weighted by atomic mass is 35.5. The van der Waals surface area contributed by atoms with Crippen LogP contribution in [0.15, 0.2) is 12.1 Å². The van der Waals surface area contributed by atoms with Crippen LogP contribution in [0.5, 0.6) is 0 Å². The summed E-state index contributed by atoms with van der Waals surface area (Å²) in [5.74, 6) is 0. The summed E-state index contributed by atoms with van der Waals surface area (Å²) in [5, 5.41) is 20.3. The van der Waals surface area contributed by atoms with Crippen molar-refractivity contribution in [2.45, 2.75) is 24.5 Å². The summed E-state index contributed by atoms with van der Waals surface area (Å²) in [5.41, 5.74) is 6.21. The zero-order valence-electron chi connectivity index (χ0n) is 12.7. The van der Waals surface area contributed by atoms with Crippen LogP contribution in [0.1, 0.15) is 24.0 Å². The lowest BCUT2D eigenvalue weighted by molar-refractivity contribution is -0.127. The lowest BCUT2D eigenvalue weighted by Gasteiger charge is -2.52. The lowest BCUT2D eigenvalue weighted by atomic mass is 9.82. The van der Waals surface area contributed by atoms with Crippen LogP contribution in [0, 0.1) is 11.3 Å². The van der Waals surface area contributed by atoms with Crippen molar-refractivity contribution >= 4 is 17.3 Å². The van der Waals surface area contributed by atoms with Crippen LogP contribution in [0.4, 0.5) is 5.69 Å². The maximum Gasteiger partial charge on any atom is 0.116 e. The third-order valence-electron chi connectivity index (χ3n) is 4.87. The quantitative estimate of drug-likeness (QED) is 0.805. The number of nitriles is 1. The van der Waals surface area contributed by atoms with Crippen LogP contribution in [-0.4, -0.2) is 54.2 Å². The second-order valence-electron chi connectivity index (χ2n) is 6.51. The number of likely N-dealkylation sites (tertiary alicyclic amines) is 2. The molecule has 1 aromatic carbocycles. The smallest absolute Gasteiger partial charge is 0.116 e. The van der Waals surface area contributed by atoms with Crippen molar-refractivity contribution in [3.63, 3.8) is 0 Å². The zero-order chi connectivity index (χ0) is 15.9. The summed E-state index contributed by atoms with van der Waals surface area (Å²) in [6.07, 6.45) is 2.25. The zero-order valence-corrected chi connectivity index (χ0v) is 13.5. The Balaban J connectivity index is 1.75. The van der Waals surface area contributed by atoms with Crippen LogP contribution < -0.4 is 5.73 Å². The van der Waals surface area contributed by atoms with Gasteiger partial charge in [0.25, 0.3) is 0 Å². The number of nitrogens with two attached hydrogens (primary N) is 1. The first-order chi connectivity index (χ1) is 10.4. The van der Waals surface area contributed by atoms with Crippen molar-refractivity contribution in [2.75, 3.05) is 39.0 Å². The van der Waals surface area contributed by atoms with E-state index in [9.17, 15) is 5.11 Å². The number of halogens is 1. The Hall–Kier alpha value is -1.32. The Labute approximate surface area is 135 Å².